The first kappa shape index (κ1) is 18.9. The maximum absolute atomic E-state index is 12.7. The third-order valence-corrected chi connectivity index (χ3v) is 5.48. The van der Waals surface area contributed by atoms with Crippen LogP contribution in [0, 0.1) is 0 Å². The number of benzene rings is 1. The Hall–Kier alpha value is -1.43. The smallest absolute Gasteiger partial charge is 0.253 e. The van der Waals surface area contributed by atoms with E-state index in [4.69, 9.17) is 10.7 Å². The maximum atomic E-state index is 12.7. The van der Waals surface area contributed by atoms with Crippen molar-refractivity contribution in [3.05, 3.63) is 51.5 Å². The maximum Gasteiger partial charge on any atom is 0.253 e. The van der Waals surface area contributed by atoms with E-state index in [-0.39, 0.29) is 18.3 Å². The molecule has 4 nitrogen and oxygen atoms in total. The van der Waals surface area contributed by atoms with Crippen molar-refractivity contribution in [3.63, 3.8) is 0 Å². The number of aromatic nitrogens is 1. The highest BCUT2D eigenvalue weighted by molar-refractivity contribution is 7.09. The average molecular weight is 366 g/mol. The summed E-state index contributed by atoms with van der Waals surface area (Å²) in [6.45, 7) is 4.23. The Morgan fingerprint density at radius 2 is 2.12 bits per heavy atom. The zero-order valence-electron chi connectivity index (χ0n) is 13.9. The molecule has 0 bridgehead atoms. The van der Waals surface area contributed by atoms with Gasteiger partial charge in [0.15, 0.2) is 0 Å². The molecule has 0 radical (unpaired) electrons. The summed E-state index contributed by atoms with van der Waals surface area (Å²) in [5.41, 5.74) is 8.57. The summed E-state index contributed by atoms with van der Waals surface area (Å²) in [7, 11) is 0. The van der Waals surface area contributed by atoms with Gasteiger partial charge >= 0.3 is 0 Å². The van der Waals surface area contributed by atoms with Gasteiger partial charge < -0.3 is 10.6 Å². The van der Waals surface area contributed by atoms with Crippen molar-refractivity contribution in [3.8, 4) is 0 Å². The molecule has 130 valence electrons. The van der Waals surface area contributed by atoms with Crippen LogP contribution in [0.15, 0.2) is 29.6 Å². The summed E-state index contributed by atoms with van der Waals surface area (Å²) >= 11 is 1.73. The molecule has 0 spiro atoms. The third kappa shape index (κ3) is 4.15. The fourth-order valence-electron chi connectivity index (χ4n) is 3.00. The lowest BCUT2D eigenvalue weighted by molar-refractivity contribution is 0.0707. The number of likely N-dealkylation sites (tertiary alicyclic amines) is 1. The summed E-state index contributed by atoms with van der Waals surface area (Å²) in [6, 6.07) is 7.63. The zero-order chi connectivity index (χ0) is 16.2. The summed E-state index contributed by atoms with van der Waals surface area (Å²) in [6.07, 6.45) is 3.13. The second-order valence-corrected chi connectivity index (χ2v) is 6.91. The molecular weight excluding hydrogens is 342 g/mol. The molecule has 1 amide bonds. The first-order chi connectivity index (χ1) is 11.2. The largest absolute Gasteiger partial charge is 0.338 e. The van der Waals surface area contributed by atoms with Crippen LogP contribution in [-0.4, -0.2) is 28.9 Å². The molecule has 0 saturated carbocycles. The van der Waals surface area contributed by atoms with Gasteiger partial charge in [-0.15, -0.1) is 23.7 Å². The minimum absolute atomic E-state index is 0. The fourth-order valence-corrected chi connectivity index (χ4v) is 4.03. The Bertz CT molecular complexity index is 671. The molecule has 1 aliphatic rings. The van der Waals surface area contributed by atoms with E-state index in [1.165, 1.54) is 5.01 Å². The second-order valence-electron chi connectivity index (χ2n) is 6.02. The lowest BCUT2D eigenvalue weighted by Gasteiger charge is -2.32. The Morgan fingerprint density at radius 3 is 2.75 bits per heavy atom. The number of rotatable bonds is 4. The third-order valence-electron chi connectivity index (χ3n) is 4.43. The molecular formula is C18H24ClN3OS. The highest BCUT2D eigenvalue weighted by Crippen LogP contribution is 2.30. The van der Waals surface area contributed by atoms with Crippen molar-refractivity contribution < 1.29 is 4.79 Å². The number of carbonyl (C=O) groups excluding carboxylic acids is 1. The molecule has 1 aromatic heterocycles. The summed E-state index contributed by atoms with van der Waals surface area (Å²) < 4.78 is 0. The standard InChI is InChI=1S/C18H23N3OS.ClH/c1-2-16-12-23-17(20-16)15-4-3-9-21(11-15)18(22)14-7-5-13(10-19)6-8-14;/h5-8,12,15H,2-4,9-11,19H2,1H3;1H. The van der Waals surface area contributed by atoms with Crippen molar-refractivity contribution >= 4 is 29.7 Å². The van der Waals surface area contributed by atoms with Gasteiger partial charge in [0, 0.05) is 36.5 Å². The molecule has 0 aliphatic carbocycles. The number of aryl methyl sites for hydroxylation is 1. The second kappa shape index (κ2) is 8.60. The number of nitrogens with zero attached hydrogens (tertiary/aromatic N) is 2. The molecule has 2 N–H and O–H groups in total. The van der Waals surface area contributed by atoms with Crippen LogP contribution in [0.25, 0.3) is 0 Å². The van der Waals surface area contributed by atoms with E-state index < -0.39 is 0 Å². The van der Waals surface area contributed by atoms with Crippen LogP contribution in [0.3, 0.4) is 0 Å². The van der Waals surface area contributed by atoms with Gasteiger partial charge in [-0.2, -0.15) is 0 Å². The predicted octanol–water partition coefficient (Wildman–Crippen LogP) is 3.61. The van der Waals surface area contributed by atoms with Gasteiger partial charge in [0.05, 0.1) is 10.7 Å². The lowest BCUT2D eigenvalue weighted by atomic mass is 9.98. The SMILES string of the molecule is CCc1csc(C2CCCN(C(=O)c3ccc(CN)cc3)C2)n1.Cl. The molecule has 1 atom stereocenters. The lowest BCUT2D eigenvalue weighted by Crippen LogP contribution is -2.39. The topological polar surface area (TPSA) is 59.2 Å². The molecule has 2 aromatic rings. The normalized spacial score (nSPS) is 17.4. The van der Waals surface area contributed by atoms with Crippen molar-refractivity contribution in [1.29, 1.82) is 0 Å². The molecule has 24 heavy (non-hydrogen) atoms. The van der Waals surface area contributed by atoms with Crippen LogP contribution in [0.1, 0.15) is 52.3 Å². The number of halogens is 1. The minimum atomic E-state index is 0. The van der Waals surface area contributed by atoms with Gasteiger partial charge in [-0.05, 0) is 37.0 Å². The first-order valence-corrected chi connectivity index (χ1v) is 9.11. The monoisotopic (exact) mass is 365 g/mol. The minimum Gasteiger partial charge on any atom is -0.338 e. The van der Waals surface area contributed by atoms with Crippen molar-refractivity contribution in [2.24, 2.45) is 5.73 Å². The van der Waals surface area contributed by atoms with E-state index in [0.29, 0.717) is 12.5 Å². The summed E-state index contributed by atoms with van der Waals surface area (Å²) in [5.74, 6) is 0.492. The van der Waals surface area contributed by atoms with Crippen molar-refractivity contribution in [2.75, 3.05) is 13.1 Å². The van der Waals surface area contributed by atoms with E-state index in [9.17, 15) is 4.79 Å². The van der Waals surface area contributed by atoms with Gasteiger partial charge in [0.1, 0.15) is 0 Å². The Kier molecular flexibility index (Phi) is 6.78. The van der Waals surface area contributed by atoms with Crippen molar-refractivity contribution in [2.45, 2.75) is 38.6 Å². The highest BCUT2D eigenvalue weighted by Gasteiger charge is 2.27. The van der Waals surface area contributed by atoms with E-state index in [2.05, 4.69) is 12.3 Å². The fraction of sp³-hybridized carbons (Fsp3) is 0.444. The number of piperidine rings is 1. The summed E-state index contributed by atoms with van der Waals surface area (Å²) in [4.78, 5) is 19.4. The van der Waals surface area contributed by atoms with Crippen LogP contribution in [0.4, 0.5) is 0 Å². The van der Waals surface area contributed by atoms with Gasteiger partial charge in [-0.1, -0.05) is 19.1 Å². The number of thiazole rings is 1. The molecule has 1 aromatic carbocycles. The van der Waals surface area contributed by atoms with E-state index in [1.54, 1.807) is 11.3 Å². The molecule has 1 aliphatic heterocycles. The van der Waals surface area contributed by atoms with Crippen LogP contribution >= 0.6 is 23.7 Å². The predicted molar refractivity (Wildman–Crippen MR) is 101 cm³/mol. The molecule has 3 rings (SSSR count). The molecule has 2 heterocycles. The zero-order valence-corrected chi connectivity index (χ0v) is 15.5. The van der Waals surface area contributed by atoms with Crippen LogP contribution in [0.2, 0.25) is 0 Å². The number of nitrogens with two attached hydrogens (primary N) is 1. The Labute approximate surface area is 153 Å². The number of carbonyl (C=O) groups is 1. The van der Waals surface area contributed by atoms with Gasteiger partial charge in [0.2, 0.25) is 0 Å². The number of hydrogen-bond donors (Lipinski definition) is 1. The average Bonchev–Trinajstić information content (AvgIpc) is 3.10. The van der Waals surface area contributed by atoms with Gasteiger partial charge in [0.25, 0.3) is 5.91 Å². The molecule has 1 saturated heterocycles. The Morgan fingerprint density at radius 1 is 1.38 bits per heavy atom. The van der Waals surface area contributed by atoms with Crippen LogP contribution in [0.5, 0.6) is 0 Å². The van der Waals surface area contributed by atoms with E-state index in [0.717, 1.165) is 49.2 Å². The van der Waals surface area contributed by atoms with Crippen LogP contribution < -0.4 is 5.73 Å². The van der Waals surface area contributed by atoms with Gasteiger partial charge in [-0.3, -0.25) is 4.79 Å². The van der Waals surface area contributed by atoms with E-state index in [1.807, 2.05) is 29.2 Å². The van der Waals surface area contributed by atoms with Crippen LogP contribution in [-0.2, 0) is 13.0 Å². The molecule has 1 unspecified atom stereocenters. The first-order valence-electron chi connectivity index (χ1n) is 8.23. The van der Waals surface area contributed by atoms with E-state index >= 15 is 0 Å². The molecule has 6 heteroatoms. The quantitative estimate of drug-likeness (QED) is 0.900. The number of amides is 1. The number of hydrogen-bond acceptors (Lipinski definition) is 4. The van der Waals surface area contributed by atoms with Crippen molar-refractivity contribution in [1.82, 2.24) is 9.88 Å². The Balaban J connectivity index is 0.00000208. The van der Waals surface area contributed by atoms with Gasteiger partial charge in [-0.25, -0.2) is 4.98 Å². The highest BCUT2D eigenvalue weighted by atomic mass is 35.5. The molecule has 1 fully saturated rings. The summed E-state index contributed by atoms with van der Waals surface area (Å²) in [5, 5.41) is 3.32.